The fourth-order valence-corrected chi connectivity index (χ4v) is 1.26. The number of carboxylic acid groups (broad SMARTS) is 3. The average molecular weight is 384 g/mol. The molecule has 0 atom stereocenters. The van der Waals surface area contributed by atoms with Crippen molar-refractivity contribution in [3.05, 3.63) is 0 Å². The van der Waals surface area contributed by atoms with Gasteiger partial charge in [0.1, 0.15) is 0 Å². The van der Waals surface area contributed by atoms with E-state index < -0.39 is 36.1 Å². The van der Waals surface area contributed by atoms with Crippen LogP contribution in [0.1, 0.15) is 0 Å². The fraction of sp³-hybridized carbons (Fsp3) is 0. The number of nitrogen functional groups attached to an aromatic ring is 3. The number of anilines is 6. The summed E-state index contributed by atoms with van der Waals surface area (Å²) in [5.74, 6) is -1.49. The standard InChI is InChI=1S/C6H6N6O6.C3H6N6/c13-4(14)10-1-7-2(11-5(15)16)9-3(8-1)12-6(17)18;4-1-7-2(5)9-3(6)8-1/h(H,13,14)(H,15,16)(H,17,18)(H3,7,8,9,10,11,12);(H6,4,5,6,7,8,9). The van der Waals surface area contributed by atoms with Gasteiger partial charge in [0.25, 0.3) is 0 Å². The zero-order valence-corrected chi connectivity index (χ0v) is 13.0. The number of rotatable bonds is 3. The van der Waals surface area contributed by atoms with Crippen molar-refractivity contribution in [3.63, 3.8) is 0 Å². The molecule has 144 valence electrons. The summed E-state index contributed by atoms with van der Waals surface area (Å²) in [4.78, 5) is 51.7. The van der Waals surface area contributed by atoms with E-state index in [0.717, 1.165) is 0 Å². The summed E-state index contributed by atoms with van der Waals surface area (Å²) in [5, 5.41) is 30.4. The van der Waals surface area contributed by atoms with Crippen molar-refractivity contribution < 1.29 is 29.7 Å². The molecule has 0 aliphatic heterocycles. The quantitative estimate of drug-likeness (QED) is 0.298. The van der Waals surface area contributed by atoms with Crippen LogP contribution in [-0.2, 0) is 0 Å². The summed E-state index contributed by atoms with van der Waals surface area (Å²) in [6, 6.07) is 0. The third kappa shape index (κ3) is 8.05. The second-order valence-corrected chi connectivity index (χ2v) is 4.01. The van der Waals surface area contributed by atoms with Crippen LogP contribution in [0.15, 0.2) is 0 Å². The highest BCUT2D eigenvalue weighted by atomic mass is 16.4. The maximum absolute atomic E-state index is 10.4. The summed E-state index contributed by atoms with van der Waals surface area (Å²) in [6.45, 7) is 0. The molecule has 27 heavy (non-hydrogen) atoms. The molecule has 0 spiro atoms. The summed E-state index contributed by atoms with van der Waals surface area (Å²) < 4.78 is 0. The molecular formula is C9H12N12O6. The highest BCUT2D eigenvalue weighted by molar-refractivity contribution is 5.84. The van der Waals surface area contributed by atoms with Crippen molar-refractivity contribution >= 4 is 54.0 Å². The Morgan fingerprint density at radius 2 is 0.778 bits per heavy atom. The van der Waals surface area contributed by atoms with Gasteiger partial charge in [-0.1, -0.05) is 0 Å². The van der Waals surface area contributed by atoms with Gasteiger partial charge in [0.2, 0.25) is 35.7 Å². The van der Waals surface area contributed by atoms with Gasteiger partial charge in [0.05, 0.1) is 0 Å². The van der Waals surface area contributed by atoms with Gasteiger partial charge in [-0.15, -0.1) is 0 Å². The van der Waals surface area contributed by atoms with E-state index in [0.29, 0.717) is 0 Å². The maximum atomic E-state index is 10.4. The first kappa shape index (κ1) is 20.3. The van der Waals surface area contributed by atoms with Gasteiger partial charge in [-0.05, 0) is 0 Å². The Morgan fingerprint density at radius 3 is 0.963 bits per heavy atom. The van der Waals surface area contributed by atoms with Crippen LogP contribution in [0, 0.1) is 0 Å². The Balaban J connectivity index is 0.000000337. The van der Waals surface area contributed by atoms with E-state index in [4.69, 9.17) is 32.5 Å². The second kappa shape index (κ2) is 8.91. The summed E-state index contributed by atoms with van der Waals surface area (Å²) in [7, 11) is 0. The second-order valence-electron chi connectivity index (χ2n) is 4.01. The minimum Gasteiger partial charge on any atom is -0.465 e. The Morgan fingerprint density at radius 1 is 0.556 bits per heavy atom. The Bertz CT molecular complexity index is 725. The molecule has 0 aliphatic carbocycles. The van der Waals surface area contributed by atoms with Crippen molar-refractivity contribution in [2.24, 2.45) is 0 Å². The number of aromatic nitrogens is 6. The number of amides is 3. The van der Waals surface area contributed by atoms with Gasteiger partial charge in [-0.3, -0.25) is 16.0 Å². The number of hydrogen-bond donors (Lipinski definition) is 9. The lowest BCUT2D eigenvalue weighted by molar-refractivity contribution is 0.208. The Labute approximate surface area is 147 Å². The monoisotopic (exact) mass is 384 g/mol. The first-order valence-electron chi connectivity index (χ1n) is 6.33. The van der Waals surface area contributed by atoms with Gasteiger partial charge in [-0.2, -0.15) is 29.9 Å². The van der Waals surface area contributed by atoms with E-state index >= 15 is 0 Å². The van der Waals surface area contributed by atoms with Gasteiger partial charge in [0, 0.05) is 0 Å². The van der Waals surface area contributed by atoms with Crippen LogP contribution in [0.3, 0.4) is 0 Å². The minimum atomic E-state index is -1.51. The van der Waals surface area contributed by atoms with E-state index in [1.807, 2.05) is 0 Å². The molecule has 0 unspecified atom stereocenters. The molecule has 0 fully saturated rings. The first-order valence-corrected chi connectivity index (χ1v) is 6.33. The van der Waals surface area contributed by atoms with Gasteiger partial charge < -0.3 is 32.5 Å². The smallest absolute Gasteiger partial charge is 0.411 e. The molecule has 0 saturated heterocycles. The number of nitrogens with two attached hydrogens (primary N) is 3. The summed E-state index contributed by atoms with van der Waals surface area (Å²) >= 11 is 0. The van der Waals surface area contributed by atoms with Crippen LogP contribution in [0.5, 0.6) is 0 Å². The van der Waals surface area contributed by atoms with Crippen LogP contribution in [-0.4, -0.2) is 63.5 Å². The Kier molecular flexibility index (Phi) is 6.69. The van der Waals surface area contributed by atoms with Crippen LogP contribution >= 0.6 is 0 Å². The molecule has 2 heterocycles. The highest BCUT2D eigenvalue weighted by Crippen LogP contribution is 2.09. The molecule has 2 aromatic heterocycles. The molecule has 2 rings (SSSR count). The van der Waals surface area contributed by atoms with Gasteiger partial charge in [-0.25, -0.2) is 14.4 Å². The molecule has 3 amide bonds. The molecule has 2 aromatic rings. The molecule has 0 bridgehead atoms. The predicted octanol–water partition coefficient (Wildman–Crippen LogP) is -1.24. The van der Waals surface area contributed by atoms with Gasteiger partial charge in [0.15, 0.2) is 0 Å². The maximum Gasteiger partial charge on any atom is 0.411 e. The van der Waals surface area contributed by atoms with Crippen molar-refractivity contribution in [1.82, 2.24) is 29.9 Å². The van der Waals surface area contributed by atoms with E-state index in [9.17, 15) is 14.4 Å². The lowest BCUT2D eigenvalue weighted by Gasteiger charge is -2.05. The molecule has 0 aromatic carbocycles. The molecule has 12 N–H and O–H groups in total. The summed E-state index contributed by atoms with van der Waals surface area (Å²) in [6.07, 6.45) is -4.53. The van der Waals surface area contributed by atoms with Crippen LogP contribution in [0.25, 0.3) is 0 Å². The van der Waals surface area contributed by atoms with Crippen LogP contribution in [0.2, 0.25) is 0 Å². The van der Waals surface area contributed by atoms with E-state index in [-0.39, 0.29) is 17.8 Å². The minimum absolute atomic E-state index is 0.0417. The SMILES string of the molecule is Nc1nc(N)nc(N)n1.O=C(O)Nc1nc(NC(=O)O)nc(NC(=O)O)n1. The average Bonchev–Trinajstić information content (AvgIpc) is 2.43. The van der Waals surface area contributed by atoms with E-state index in [1.165, 1.54) is 0 Å². The van der Waals surface area contributed by atoms with Gasteiger partial charge >= 0.3 is 18.3 Å². The van der Waals surface area contributed by atoms with Crippen molar-refractivity contribution in [3.8, 4) is 0 Å². The fourth-order valence-electron chi connectivity index (χ4n) is 1.26. The molecule has 0 radical (unpaired) electrons. The molecule has 18 nitrogen and oxygen atoms in total. The first-order chi connectivity index (χ1) is 12.5. The lowest BCUT2D eigenvalue weighted by Crippen LogP contribution is -2.18. The predicted molar refractivity (Wildman–Crippen MR) is 87.8 cm³/mol. The molecule has 18 heteroatoms. The zero-order valence-electron chi connectivity index (χ0n) is 13.0. The zero-order chi connectivity index (χ0) is 20.6. The van der Waals surface area contributed by atoms with E-state index in [2.05, 4.69) is 29.9 Å². The lowest BCUT2D eigenvalue weighted by atomic mass is 10.7. The van der Waals surface area contributed by atoms with Crippen LogP contribution in [0.4, 0.5) is 50.1 Å². The third-order valence-electron chi connectivity index (χ3n) is 1.98. The number of nitrogens with one attached hydrogen (secondary N) is 3. The van der Waals surface area contributed by atoms with Crippen molar-refractivity contribution in [1.29, 1.82) is 0 Å². The normalized spacial score (nSPS) is 9.33. The van der Waals surface area contributed by atoms with E-state index in [1.54, 1.807) is 16.0 Å². The Hall–Kier alpha value is -4.77. The number of carbonyl (C=O) groups is 3. The largest absolute Gasteiger partial charge is 0.465 e. The van der Waals surface area contributed by atoms with Crippen molar-refractivity contribution in [2.45, 2.75) is 0 Å². The number of hydrogen-bond acceptors (Lipinski definition) is 12. The topological polar surface area (TPSA) is 303 Å². The highest BCUT2D eigenvalue weighted by Gasteiger charge is 2.11. The molecule has 0 saturated carbocycles. The number of nitrogens with zero attached hydrogens (tertiary/aromatic N) is 6. The summed E-state index contributed by atoms with van der Waals surface area (Å²) in [5.41, 5.74) is 15.4. The van der Waals surface area contributed by atoms with Crippen LogP contribution < -0.4 is 33.2 Å². The molecule has 0 aliphatic rings. The molecular weight excluding hydrogens is 372 g/mol. The van der Waals surface area contributed by atoms with Crippen molar-refractivity contribution in [2.75, 3.05) is 33.2 Å². The third-order valence-corrected chi connectivity index (χ3v) is 1.98.